The Bertz CT molecular complexity index is 673. The number of phenolic OH excluding ortho intramolecular Hbond substituents is 1. The molecule has 2 aliphatic rings. The van der Waals surface area contributed by atoms with Crippen molar-refractivity contribution in [2.75, 3.05) is 0 Å². The van der Waals surface area contributed by atoms with E-state index in [-0.39, 0.29) is 17.4 Å². The molecule has 124 valence electrons. The van der Waals surface area contributed by atoms with Gasteiger partial charge in [-0.1, -0.05) is 6.92 Å². The third-order valence-corrected chi connectivity index (χ3v) is 5.47. The Balaban J connectivity index is 1.83. The van der Waals surface area contributed by atoms with Crippen LogP contribution in [0.1, 0.15) is 18.9 Å². The molecule has 1 aromatic rings. The van der Waals surface area contributed by atoms with Crippen molar-refractivity contribution in [2.45, 2.75) is 32.5 Å². The normalized spacial score (nSPS) is 32.5. The summed E-state index contributed by atoms with van der Waals surface area (Å²) in [5.74, 6) is -2.54. The number of hydrogen-bond acceptors (Lipinski definition) is 6. The fourth-order valence-electron chi connectivity index (χ4n) is 3.35. The van der Waals surface area contributed by atoms with Gasteiger partial charge in [0, 0.05) is 5.92 Å². The Morgan fingerprint density at radius 3 is 2.83 bits per heavy atom. The second-order valence-electron chi connectivity index (χ2n) is 6.24. The SMILES string of the molecule is Cc1cc(OC(=O)C2C(=O)OC3C(C)CC2C3O)c(I)cc1O. The van der Waals surface area contributed by atoms with Crippen molar-refractivity contribution in [3.63, 3.8) is 0 Å². The van der Waals surface area contributed by atoms with Gasteiger partial charge in [-0.05, 0) is 59.5 Å². The molecule has 5 unspecified atom stereocenters. The molecule has 1 heterocycles. The van der Waals surface area contributed by atoms with E-state index in [9.17, 15) is 19.8 Å². The third kappa shape index (κ3) is 2.80. The lowest BCUT2D eigenvalue weighted by molar-refractivity contribution is -0.180. The molecular formula is C16H17IO6. The number of phenols is 1. The molecule has 1 aliphatic carbocycles. The van der Waals surface area contributed by atoms with E-state index in [1.54, 1.807) is 13.0 Å². The van der Waals surface area contributed by atoms with Gasteiger partial charge in [0.1, 0.15) is 17.6 Å². The second-order valence-corrected chi connectivity index (χ2v) is 7.40. The summed E-state index contributed by atoms with van der Waals surface area (Å²) in [6.07, 6.45) is -0.822. The van der Waals surface area contributed by atoms with E-state index in [4.69, 9.17) is 9.47 Å². The predicted octanol–water partition coefficient (Wildman–Crippen LogP) is 1.77. The molecule has 1 saturated carbocycles. The lowest BCUT2D eigenvalue weighted by Crippen LogP contribution is -2.48. The maximum absolute atomic E-state index is 12.5. The largest absolute Gasteiger partial charge is 0.508 e. The number of aliphatic hydroxyl groups is 1. The van der Waals surface area contributed by atoms with E-state index in [1.807, 2.05) is 29.5 Å². The fraction of sp³-hybridized carbons (Fsp3) is 0.500. The molecule has 2 fully saturated rings. The number of benzene rings is 1. The zero-order valence-corrected chi connectivity index (χ0v) is 14.8. The first kappa shape index (κ1) is 16.5. The van der Waals surface area contributed by atoms with Crippen molar-refractivity contribution >= 4 is 34.5 Å². The summed E-state index contributed by atoms with van der Waals surface area (Å²) in [5, 5.41) is 19.8. The van der Waals surface area contributed by atoms with E-state index in [0.29, 0.717) is 15.6 Å². The van der Waals surface area contributed by atoms with Crippen LogP contribution in [0.15, 0.2) is 12.1 Å². The van der Waals surface area contributed by atoms with Gasteiger partial charge in [0.25, 0.3) is 0 Å². The quantitative estimate of drug-likeness (QED) is 0.320. The van der Waals surface area contributed by atoms with Crippen LogP contribution >= 0.6 is 22.6 Å². The smallest absolute Gasteiger partial charge is 0.326 e. The highest BCUT2D eigenvalue weighted by molar-refractivity contribution is 14.1. The van der Waals surface area contributed by atoms with E-state index < -0.39 is 36.0 Å². The zero-order valence-electron chi connectivity index (χ0n) is 12.7. The molecule has 23 heavy (non-hydrogen) atoms. The van der Waals surface area contributed by atoms with Gasteiger partial charge in [-0.2, -0.15) is 0 Å². The summed E-state index contributed by atoms with van der Waals surface area (Å²) in [5.41, 5.74) is 0.564. The summed E-state index contributed by atoms with van der Waals surface area (Å²) in [6.45, 7) is 3.58. The van der Waals surface area contributed by atoms with Crippen LogP contribution < -0.4 is 4.74 Å². The number of rotatable bonds is 2. The molecule has 0 amide bonds. The highest BCUT2D eigenvalue weighted by Gasteiger charge is 2.56. The van der Waals surface area contributed by atoms with Gasteiger partial charge in [0.15, 0.2) is 5.92 Å². The summed E-state index contributed by atoms with van der Waals surface area (Å²) in [4.78, 5) is 24.6. The van der Waals surface area contributed by atoms with Gasteiger partial charge < -0.3 is 19.7 Å². The average Bonchev–Trinajstić information content (AvgIpc) is 2.65. The molecule has 1 aromatic carbocycles. The maximum Gasteiger partial charge on any atom is 0.326 e. The second kappa shape index (κ2) is 5.94. The monoisotopic (exact) mass is 432 g/mol. The molecule has 3 rings (SSSR count). The molecule has 0 spiro atoms. The molecule has 5 atom stereocenters. The maximum atomic E-state index is 12.5. The minimum atomic E-state index is -1.11. The van der Waals surface area contributed by atoms with Gasteiger partial charge >= 0.3 is 11.9 Å². The van der Waals surface area contributed by atoms with E-state index in [2.05, 4.69) is 0 Å². The fourth-order valence-corrected chi connectivity index (χ4v) is 3.91. The van der Waals surface area contributed by atoms with Gasteiger partial charge in [-0.15, -0.1) is 0 Å². The highest BCUT2D eigenvalue weighted by Crippen LogP contribution is 2.43. The third-order valence-electron chi connectivity index (χ3n) is 4.63. The van der Waals surface area contributed by atoms with Gasteiger partial charge in [-0.25, -0.2) is 0 Å². The molecule has 1 aliphatic heterocycles. The predicted molar refractivity (Wildman–Crippen MR) is 87.8 cm³/mol. The molecule has 2 N–H and O–H groups in total. The first-order valence-electron chi connectivity index (χ1n) is 7.39. The average molecular weight is 432 g/mol. The van der Waals surface area contributed by atoms with Crippen molar-refractivity contribution in [3.05, 3.63) is 21.3 Å². The summed E-state index contributed by atoms with van der Waals surface area (Å²) in [7, 11) is 0. The standard InChI is InChI=1S/C16H17IO6/c1-6-4-11(9(17)5-10(6)18)22-15(20)12-8-3-7(2)14(13(8)19)23-16(12)21/h4-5,7-8,12-14,18-19H,3H2,1-2H3. The lowest BCUT2D eigenvalue weighted by atomic mass is 9.87. The van der Waals surface area contributed by atoms with Crippen LogP contribution in [-0.4, -0.2) is 34.4 Å². The first-order chi connectivity index (χ1) is 10.8. The Labute approximate surface area is 146 Å². The van der Waals surface area contributed by atoms with Crippen molar-refractivity contribution < 1.29 is 29.3 Å². The van der Waals surface area contributed by atoms with E-state index in [1.165, 1.54) is 6.07 Å². The Morgan fingerprint density at radius 2 is 2.13 bits per heavy atom. The number of fused-ring (bicyclic) bond motifs is 2. The molecule has 7 heteroatoms. The molecule has 2 bridgehead atoms. The number of carbonyl (C=O) groups excluding carboxylic acids is 2. The number of aromatic hydroxyl groups is 1. The van der Waals surface area contributed by atoms with Crippen LogP contribution in [0.3, 0.4) is 0 Å². The molecule has 1 saturated heterocycles. The van der Waals surface area contributed by atoms with Crippen LogP contribution in [0.2, 0.25) is 0 Å². The van der Waals surface area contributed by atoms with Crippen molar-refractivity contribution in [1.82, 2.24) is 0 Å². The Kier molecular flexibility index (Phi) is 4.26. The lowest BCUT2D eigenvalue weighted by Gasteiger charge is -2.31. The van der Waals surface area contributed by atoms with E-state index in [0.717, 1.165) is 0 Å². The zero-order chi connectivity index (χ0) is 16.9. The topological polar surface area (TPSA) is 93.1 Å². The first-order valence-corrected chi connectivity index (χ1v) is 8.47. The minimum Gasteiger partial charge on any atom is -0.508 e. The van der Waals surface area contributed by atoms with Crippen LogP contribution in [0, 0.1) is 28.2 Å². The number of hydrogen-bond donors (Lipinski definition) is 2. The van der Waals surface area contributed by atoms with Crippen LogP contribution in [-0.2, 0) is 14.3 Å². The summed E-state index contributed by atoms with van der Waals surface area (Å²) < 4.78 is 11.1. The summed E-state index contributed by atoms with van der Waals surface area (Å²) in [6, 6.07) is 3.03. The van der Waals surface area contributed by atoms with Crippen molar-refractivity contribution in [2.24, 2.45) is 17.8 Å². The van der Waals surface area contributed by atoms with Crippen LogP contribution in [0.25, 0.3) is 0 Å². The van der Waals surface area contributed by atoms with Crippen molar-refractivity contribution in [1.29, 1.82) is 0 Å². The van der Waals surface area contributed by atoms with Gasteiger partial charge in [0.05, 0.1) is 9.67 Å². The van der Waals surface area contributed by atoms with Gasteiger partial charge in [-0.3, -0.25) is 9.59 Å². The van der Waals surface area contributed by atoms with Crippen LogP contribution in [0.4, 0.5) is 0 Å². The number of ether oxygens (including phenoxy) is 2. The molecule has 0 radical (unpaired) electrons. The molecule has 0 aromatic heterocycles. The van der Waals surface area contributed by atoms with Crippen molar-refractivity contribution in [3.8, 4) is 11.5 Å². The number of esters is 2. The number of aryl methyl sites for hydroxylation is 1. The highest BCUT2D eigenvalue weighted by atomic mass is 127. The summed E-state index contributed by atoms with van der Waals surface area (Å²) >= 11 is 1.94. The van der Waals surface area contributed by atoms with E-state index >= 15 is 0 Å². The van der Waals surface area contributed by atoms with Gasteiger partial charge in [0.2, 0.25) is 0 Å². The molecular weight excluding hydrogens is 415 g/mol. The Morgan fingerprint density at radius 1 is 1.43 bits per heavy atom. The number of halogens is 1. The van der Waals surface area contributed by atoms with Crippen LogP contribution in [0.5, 0.6) is 11.5 Å². The molecule has 6 nitrogen and oxygen atoms in total. The minimum absolute atomic E-state index is 0.0211. The number of aliphatic hydroxyl groups excluding tert-OH is 1. The Hall–Kier alpha value is -1.35. The number of carbonyl (C=O) groups is 2.